The molecule has 3 aromatic rings. The molecule has 0 atom stereocenters. The largest absolute Gasteiger partial charge is 0.495 e. The van der Waals surface area contributed by atoms with Crippen LogP contribution in [0.4, 0.5) is 10.5 Å². The maximum absolute atomic E-state index is 13.0. The Bertz CT molecular complexity index is 1530. The van der Waals surface area contributed by atoms with Crippen LogP contribution in [0.1, 0.15) is 23.6 Å². The van der Waals surface area contributed by atoms with E-state index in [1.807, 2.05) is 19.1 Å². The minimum Gasteiger partial charge on any atom is -0.495 e. The molecule has 1 fully saturated rings. The lowest BCUT2D eigenvalue weighted by molar-refractivity contribution is -0.127. The second-order valence-corrected chi connectivity index (χ2v) is 9.29. The molecule has 204 valence electrons. The summed E-state index contributed by atoms with van der Waals surface area (Å²) in [6.07, 6.45) is 1.49. The van der Waals surface area contributed by atoms with Crippen LogP contribution in [0.25, 0.3) is 6.08 Å². The zero-order valence-corrected chi connectivity index (χ0v) is 23.3. The number of hydrogen-bond acceptors (Lipinski definition) is 7. The van der Waals surface area contributed by atoms with Gasteiger partial charge in [-0.05, 0) is 48.9 Å². The van der Waals surface area contributed by atoms with Crippen molar-refractivity contribution < 1.29 is 28.6 Å². The molecule has 0 saturated carbocycles. The number of anilines is 1. The number of rotatable bonds is 10. The first-order chi connectivity index (χ1) is 19.3. The summed E-state index contributed by atoms with van der Waals surface area (Å²) in [5, 5.41) is 14.5. The summed E-state index contributed by atoms with van der Waals surface area (Å²) in [4.78, 5) is 39.0. The van der Waals surface area contributed by atoms with Gasteiger partial charge >= 0.3 is 6.03 Å². The molecule has 2 N–H and O–H groups in total. The number of amides is 4. The predicted molar refractivity (Wildman–Crippen MR) is 151 cm³/mol. The highest BCUT2D eigenvalue weighted by molar-refractivity contribution is 9.10. The van der Waals surface area contributed by atoms with Gasteiger partial charge in [0.1, 0.15) is 24.6 Å². The van der Waals surface area contributed by atoms with Crippen LogP contribution in [-0.2, 0) is 16.2 Å². The second kappa shape index (κ2) is 12.8. The molecule has 10 nitrogen and oxygen atoms in total. The van der Waals surface area contributed by atoms with E-state index in [1.165, 1.54) is 13.2 Å². The quantitative estimate of drug-likeness (QED) is 0.250. The molecule has 3 aromatic carbocycles. The highest BCUT2D eigenvalue weighted by atomic mass is 79.9. The first-order valence-electron chi connectivity index (χ1n) is 12.2. The molecule has 1 heterocycles. The SMILES string of the molecule is CCOc1cc(/C=C2/NC(=O)N(CC(=O)Nc3ccccc3OC)C2=O)c(Br)cc1OCc1ccccc1C#N. The number of nitrogens with one attached hydrogen (secondary N) is 2. The van der Waals surface area contributed by atoms with Crippen molar-refractivity contribution in [3.05, 3.63) is 87.5 Å². The molecule has 1 aliphatic rings. The number of para-hydroxylation sites is 2. The number of halogens is 1. The molecular formula is C29H25BrN4O6. The molecule has 0 aromatic heterocycles. The standard InChI is InChI=1S/C29H25BrN4O6/c1-3-39-25-13-20(21(30)14-26(25)40-17-19-9-5-4-8-18(19)15-31)12-23-28(36)34(29(37)33-23)16-27(35)32-22-10-6-7-11-24(22)38-2/h4-14H,3,16-17H2,1-2H3,(H,32,35)(H,33,37)/b23-12+. The number of ether oxygens (including phenoxy) is 3. The summed E-state index contributed by atoms with van der Waals surface area (Å²) in [6.45, 7) is 1.84. The van der Waals surface area contributed by atoms with Crippen LogP contribution in [0.15, 0.2) is 70.8 Å². The summed E-state index contributed by atoms with van der Waals surface area (Å²) in [6, 6.07) is 18.7. The van der Waals surface area contributed by atoms with Crippen LogP contribution in [0.3, 0.4) is 0 Å². The molecule has 1 aliphatic heterocycles. The minimum atomic E-state index is -0.719. The van der Waals surface area contributed by atoms with Crippen LogP contribution < -0.4 is 24.8 Å². The Morgan fingerprint density at radius 1 is 1.07 bits per heavy atom. The van der Waals surface area contributed by atoms with E-state index in [0.29, 0.717) is 45.1 Å². The van der Waals surface area contributed by atoms with Crippen LogP contribution >= 0.6 is 15.9 Å². The van der Waals surface area contributed by atoms with Crippen molar-refractivity contribution >= 4 is 45.5 Å². The number of carbonyl (C=O) groups excluding carboxylic acids is 3. The van der Waals surface area contributed by atoms with Gasteiger partial charge in [-0.15, -0.1) is 0 Å². The van der Waals surface area contributed by atoms with Crippen molar-refractivity contribution in [2.45, 2.75) is 13.5 Å². The van der Waals surface area contributed by atoms with Crippen molar-refractivity contribution in [3.8, 4) is 23.3 Å². The van der Waals surface area contributed by atoms with Crippen LogP contribution in [-0.4, -0.2) is 43.0 Å². The van der Waals surface area contributed by atoms with Gasteiger partial charge in [-0.1, -0.05) is 46.3 Å². The zero-order valence-electron chi connectivity index (χ0n) is 21.7. The van der Waals surface area contributed by atoms with E-state index in [1.54, 1.807) is 48.5 Å². The second-order valence-electron chi connectivity index (χ2n) is 8.44. The molecule has 0 spiro atoms. The van der Waals surface area contributed by atoms with Gasteiger partial charge in [0.05, 0.1) is 31.0 Å². The van der Waals surface area contributed by atoms with Crippen molar-refractivity contribution in [1.29, 1.82) is 5.26 Å². The molecule has 11 heteroatoms. The lowest BCUT2D eigenvalue weighted by atomic mass is 10.1. The third-order valence-electron chi connectivity index (χ3n) is 5.83. The highest BCUT2D eigenvalue weighted by Crippen LogP contribution is 2.36. The maximum Gasteiger partial charge on any atom is 0.329 e. The monoisotopic (exact) mass is 604 g/mol. The smallest absolute Gasteiger partial charge is 0.329 e. The average Bonchev–Trinajstić information content (AvgIpc) is 3.21. The third-order valence-corrected chi connectivity index (χ3v) is 6.52. The fourth-order valence-electron chi connectivity index (χ4n) is 3.91. The van der Waals surface area contributed by atoms with Crippen LogP contribution in [0.2, 0.25) is 0 Å². The normalized spacial score (nSPS) is 13.6. The maximum atomic E-state index is 13.0. The number of imide groups is 1. The van der Waals surface area contributed by atoms with Gasteiger partial charge in [0.2, 0.25) is 5.91 Å². The van der Waals surface area contributed by atoms with E-state index in [9.17, 15) is 19.6 Å². The molecule has 4 amide bonds. The van der Waals surface area contributed by atoms with E-state index in [-0.39, 0.29) is 12.3 Å². The third kappa shape index (κ3) is 6.42. The summed E-state index contributed by atoms with van der Waals surface area (Å²) in [5.74, 6) is 0.0779. The number of carbonyl (C=O) groups is 3. The molecule has 0 aliphatic carbocycles. The van der Waals surface area contributed by atoms with E-state index in [0.717, 1.165) is 10.5 Å². The number of urea groups is 1. The van der Waals surface area contributed by atoms with Crippen molar-refractivity contribution in [2.75, 3.05) is 25.6 Å². The van der Waals surface area contributed by atoms with Gasteiger partial charge in [0, 0.05) is 10.0 Å². The fourth-order valence-corrected chi connectivity index (χ4v) is 4.34. The molecule has 0 radical (unpaired) electrons. The molecule has 40 heavy (non-hydrogen) atoms. The van der Waals surface area contributed by atoms with Gasteiger partial charge < -0.3 is 24.8 Å². The lowest BCUT2D eigenvalue weighted by Gasteiger charge is -2.15. The molecule has 4 rings (SSSR count). The van der Waals surface area contributed by atoms with Crippen LogP contribution in [0, 0.1) is 11.3 Å². The Hall–Kier alpha value is -4.82. The Kier molecular flexibility index (Phi) is 9.04. The fraction of sp³-hybridized carbons (Fsp3) is 0.172. The number of nitriles is 1. The van der Waals surface area contributed by atoms with Gasteiger partial charge in [0.15, 0.2) is 11.5 Å². The van der Waals surface area contributed by atoms with E-state index < -0.39 is 24.4 Å². The molecule has 1 saturated heterocycles. The molecular weight excluding hydrogens is 580 g/mol. The van der Waals surface area contributed by atoms with E-state index in [4.69, 9.17) is 14.2 Å². The number of hydrogen-bond donors (Lipinski definition) is 2. The van der Waals surface area contributed by atoms with Crippen LogP contribution in [0.5, 0.6) is 17.2 Å². The first-order valence-corrected chi connectivity index (χ1v) is 13.0. The number of methoxy groups -OCH3 is 1. The Balaban J connectivity index is 1.51. The van der Waals surface area contributed by atoms with Crippen molar-refractivity contribution in [2.24, 2.45) is 0 Å². The van der Waals surface area contributed by atoms with Crippen molar-refractivity contribution in [1.82, 2.24) is 10.2 Å². The summed E-state index contributed by atoms with van der Waals surface area (Å²) in [7, 11) is 1.47. The summed E-state index contributed by atoms with van der Waals surface area (Å²) in [5.41, 5.74) is 2.19. The topological polar surface area (TPSA) is 130 Å². The van der Waals surface area contributed by atoms with Gasteiger partial charge in [0.25, 0.3) is 5.91 Å². The van der Waals surface area contributed by atoms with Gasteiger partial charge in [-0.25, -0.2) is 9.69 Å². The van der Waals surface area contributed by atoms with Gasteiger partial charge in [-0.2, -0.15) is 5.26 Å². The Morgan fingerprint density at radius 3 is 2.55 bits per heavy atom. The zero-order chi connectivity index (χ0) is 28.6. The molecule has 0 unspecified atom stereocenters. The highest BCUT2D eigenvalue weighted by Gasteiger charge is 2.35. The minimum absolute atomic E-state index is 0.00476. The summed E-state index contributed by atoms with van der Waals surface area (Å²) >= 11 is 3.49. The average molecular weight is 605 g/mol. The van der Waals surface area contributed by atoms with Crippen molar-refractivity contribution in [3.63, 3.8) is 0 Å². The van der Waals surface area contributed by atoms with E-state index in [2.05, 4.69) is 32.6 Å². The van der Waals surface area contributed by atoms with Gasteiger partial charge in [-0.3, -0.25) is 9.59 Å². The number of nitrogens with zero attached hydrogens (tertiary/aromatic N) is 2. The predicted octanol–water partition coefficient (Wildman–Crippen LogP) is 4.84. The lowest BCUT2D eigenvalue weighted by Crippen LogP contribution is -2.38. The molecule has 0 bridgehead atoms. The van der Waals surface area contributed by atoms with E-state index >= 15 is 0 Å². The number of benzene rings is 3. The Labute approximate surface area is 239 Å². The Morgan fingerprint density at radius 2 is 1.80 bits per heavy atom. The summed E-state index contributed by atoms with van der Waals surface area (Å²) < 4.78 is 17.5. The first kappa shape index (κ1) is 28.2.